The first-order valence-corrected chi connectivity index (χ1v) is 8.42. The number of sulfonamides is 1. The molecule has 0 radical (unpaired) electrons. The van der Waals surface area contributed by atoms with Crippen LogP contribution in [0.15, 0.2) is 29.3 Å². The number of rotatable bonds is 5. The van der Waals surface area contributed by atoms with E-state index in [4.69, 9.17) is 27.9 Å². The third-order valence-electron chi connectivity index (χ3n) is 3.08. The van der Waals surface area contributed by atoms with Crippen LogP contribution in [0.4, 0.5) is 5.82 Å². The number of hydrogen-bond donors (Lipinski definition) is 5. The third kappa shape index (κ3) is 4.69. The molecule has 0 fully saturated rings. The predicted molar refractivity (Wildman–Crippen MR) is 97.0 cm³/mol. The van der Waals surface area contributed by atoms with Crippen molar-refractivity contribution < 1.29 is 18.3 Å². The van der Waals surface area contributed by atoms with E-state index in [2.05, 4.69) is 10.3 Å². The molecular weight excluding hydrogens is 393 g/mol. The SMILES string of the molecule is C[C@@H](NS(=O)(=O)c1ccc2c(Cl)cnc(NC(=N)N)c2c1)C(=O)O.Cl. The number of carbonyl (C=O) groups is 1. The number of guanidine groups is 1. The second-order valence-corrected chi connectivity index (χ2v) is 7.00. The average molecular weight is 408 g/mol. The summed E-state index contributed by atoms with van der Waals surface area (Å²) in [5.41, 5.74) is 5.28. The van der Waals surface area contributed by atoms with Crippen LogP contribution in [-0.2, 0) is 14.8 Å². The molecule has 0 aliphatic rings. The molecule has 1 aromatic heterocycles. The second kappa shape index (κ2) is 7.83. The zero-order valence-corrected chi connectivity index (χ0v) is 15.2. The number of anilines is 1. The molecule has 2 aromatic rings. The first-order chi connectivity index (χ1) is 11.1. The number of pyridine rings is 1. The molecule has 136 valence electrons. The van der Waals surface area contributed by atoms with E-state index in [1.807, 2.05) is 4.72 Å². The van der Waals surface area contributed by atoms with Crippen molar-refractivity contribution in [1.82, 2.24) is 9.71 Å². The van der Waals surface area contributed by atoms with Gasteiger partial charge in [0.25, 0.3) is 0 Å². The molecular formula is C13H15Cl2N5O4S. The standard InChI is InChI=1S/C13H14ClN5O4S.ClH/c1-6(12(20)21)19-24(22,23)7-2-3-8-9(4-7)11(18-13(15)16)17-5-10(8)14;/h2-6,19H,1H3,(H,20,21)(H4,15,16,17,18);1H/t6-;/m1./s1. The van der Waals surface area contributed by atoms with E-state index >= 15 is 0 Å². The number of fused-ring (bicyclic) bond motifs is 1. The molecule has 1 aromatic carbocycles. The van der Waals surface area contributed by atoms with Gasteiger partial charge in [-0.1, -0.05) is 17.7 Å². The number of nitrogens with one attached hydrogen (secondary N) is 3. The van der Waals surface area contributed by atoms with E-state index in [0.717, 1.165) is 0 Å². The van der Waals surface area contributed by atoms with E-state index in [9.17, 15) is 13.2 Å². The van der Waals surface area contributed by atoms with Crippen LogP contribution in [0.25, 0.3) is 10.8 Å². The highest BCUT2D eigenvalue weighted by Gasteiger charge is 2.22. The highest BCUT2D eigenvalue weighted by molar-refractivity contribution is 7.89. The summed E-state index contributed by atoms with van der Waals surface area (Å²) < 4.78 is 26.6. The number of carboxylic acid groups (broad SMARTS) is 1. The Morgan fingerprint density at radius 3 is 2.60 bits per heavy atom. The number of carboxylic acids is 1. The topological polar surface area (TPSA) is 158 Å². The first kappa shape index (κ1) is 20.9. The Hall–Kier alpha value is -2.14. The van der Waals surface area contributed by atoms with Crippen LogP contribution < -0.4 is 15.8 Å². The Labute approximate surface area is 154 Å². The summed E-state index contributed by atoms with van der Waals surface area (Å²) in [7, 11) is -4.07. The van der Waals surface area contributed by atoms with Crippen molar-refractivity contribution in [2.45, 2.75) is 17.9 Å². The van der Waals surface area contributed by atoms with Gasteiger partial charge in [-0.3, -0.25) is 10.2 Å². The van der Waals surface area contributed by atoms with E-state index < -0.39 is 22.0 Å². The van der Waals surface area contributed by atoms with Crippen molar-refractivity contribution in [3.63, 3.8) is 0 Å². The molecule has 0 spiro atoms. The van der Waals surface area contributed by atoms with Crippen molar-refractivity contribution in [2.75, 3.05) is 5.32 Å². The summed E-state index contributed by atoms with van der Waals surface area (Å²) in [6.45, 7) is 1.21. The zero-order valence-electron chi connectivity index (χ0n) is 12.8. The summed E-state index contributed by atoms with van der Waals surface area (Å²) in [5.74, 6) is -1.52. The summed E-state index contributed by atoms with van der Waals surface area (Å²) >= 11 is 6.04. The molecule has 0 aliphatic heterocycles. The molecule has 6 N–H and O–H groups in total. The third-order valence-corrected chi connectivity index (χ3v) is 4.92. The van der Waals surface area contributed by atoms with Crippen LogP contribution in [0, 0.1) is 5.41 Å². The van der Waals surface area contributed by atoms with Crippen LogP contribution in [0.5, 0.6) is 0 Å². The number of hydrogen-bond acceptors (Lipinski definition) is 5. The zero-order chi connectivity index (χ0) is 18.1. The summed E-state index contributed by atoms with van der Waals surface area (Å²) in [6, 6.07) is 2.74. The summed E-state index contributed by atoms with van der Waals surface area (Å²) in [6.07, 6.45) is 1.34. The van der Waals surface area contributed by atoms with Crippen molar-refractivity contribution in [3.05, 3.63) is 29.4 Å². The van der Waals surface area contributed by atoms with Gasteiger partial charge in [-0.05, 0) is 19.1 Å². The van der Waals surface area contributed by atoms with Crippen LogP contribution in [0.3, 0.4) is 0 Å². The van der Waals surface area contributed by atoms with E-state index in [0.29, 0.717) is 10.8 Å². The fourth-order valence-corrected chi connectivity index (χ4v) is 3.37. The van der Waals surface area contributed by atoms with Crippen LogP contribution in [0.2, 0.25) is 5.02 Å². The molecule has 25 heavy (non-hydrogen) atoms. The van der Waals surface area contributed by atoms with E-state index in [1.165, 1.54) is 31.3 Å². The maximum Gasteiger partial charge on any atom is 0.321 e. The van der Waals surface area contributed by atoms with Gasteiger partial charge in [0.05, 0.1) is 9.92 Å². The van der Waals surface area contributed by atoms with Gasteiger partial charge in [0.2, 0.25) is 10.0 Å². The highest BCUT2D eigenvalue weighted by Crippen LogP contribution is 2.30. The highest BCUT2D eigenvalue weighted by atomic mass is 35.5. The van der Waals surface area contributed by atoms with Crippen molar-refractivity contribution in [1.29, 1.82) is 5.41 Å². The Balaban J connectivity index is 0.00000312. The van der Waals surface area contributed by atoms with Crippen molar-refractivity contribution in [2.24, 2.45) is 5.73 Å². The average Bonchev–Trinajstić information content (AvgIpc) is 2.49. The van der Waals surface area contributed by atoms with Gasteiger partial charge >= 0.3 is 5.97 Å². The maximum atomic E-state index is 12.3. The van der Waals surface area contributed by atoms with E-state index in [-0.39, 0.29) is 34.1 Å². The molecule has 0 saturated heterocycles. The lowest BCUT2D eigenvalue weighted by Crippen LogP contribution is -2.38. The Morgan fingerprint density at radius 1 is 1.40 bits per heavy atom. The van der Waals surface area contributed by atoms with Gasteiger partial charge in [-0.2, -0.15) is 4.72 Å². The monoisotopic (exact) mass is 407 g/mol. The van der Waals surface area contributed by atoms with Gasteiger partial charge in [0.1, 0.15) is 11.9 Å². The molecule has 0 unspecified atom stereocenters. The molecule has 0 aliphatic carbocycles. The normalized spacial score (nSPS) is 12.2. The lowest BCUT2D eigenvalue weighted by atomic mass is 10.1. The Kier molecular flexibility index (Phi) is 6.54. The largest absolute Gasteiger partial charge is 0.480 e. The second-order valence-electron chi connectivity index (χ2n) is 4.88. The van der Waals surface area contributed by atoms with E-state index in [1.54, 1.807) is 0 Å². The summed E-state index contributed by atoms with van der Waals surface area (Å²) in [4.78, 5) is 14.7. The van der Waals surface area contributed by atoms with Crippen molar-refractivity contribution >= 4 is 62.6 Å². The lowest BCUT2D eigenvalue weighted by Gasteiger charge is -2.13. The number of nitrogens with zero attached hydrogens (tertiary/aromatic N) is 1. The molecule has 1 atom stereocenters. The van der Waals surface area contributed by atoms with Gasteiger partial charge in [0, 0.05) is 17.0 Å². The fourth-order valence-electron chi connectivity index (χ4n) is 1.93. The van der Waals surface area contributed by atoms with Gasteiger partial charge < -0.3 is 16.2 Å². The van der Waals surface area contributed by atoms with Crippen LogP contribution in [0.1, 0.15) is 6.92 Å². The smallest absolute Gasteiger partial charge is 0.321 e. The van der Waals surface area contributed by atoms with Gasteiger partial charge in [-0.25, -0.2) is 13.4 Å². The molecule has 0 amide bonds. The Morgan fingerprint density at radius 2 is 2.04 bits per heavy atom. The molecule has 12 heteroatoms. The fraction of sp³-hybridized carbons (Fsp3) is 0.154. The lowest BCUT2D eigenvalue weighted by molar-refractivity contribution is -0.138. The first-order valence-electron chi connectivity index (χ1n) is 6.56. The quantitative estimate of drug-likeness (QED) is 0.369. The predicted octanol–water partition coefficient (Wildman–Crippen LogP) is 1.37. The number of nitrogens with two attached hydrogens (primary N) is 1. The van der Waals surface area contributed by atoms with Gasteiger partial charge in [-0.15, -0.1) is 12.4 Å². The number of aliphatic carboxylic acids is 1. The number of benzene rings is 1. The molecule has 0 bridgehead atoms. The molecule has 1 heterocycles. The number of halogens is 2. The number of aromatic nitrogens is 1. The molecule has 2 rings (SSSR count). The van der Waals surface area contributed by atoms with Gasteiger partial charge in [0.15, 0.2) is 5.96 Å². The maximum absolute atomic E-state index is 12.3. The van der Waals surface area contributed by atoms with Crippen LogP contribution >= 0.6 is 24.0 Å². The minimum atomic E-state index is -4.07. The Bertz CT molecular complexity index is 935. The summed E-state index contributed by atoms with van der Waals surface area (Å²) in [5, 5.41) is 19.7. The minimum absolute atomic E-state index is 0. The van der Waals surface area contributed by atoms with Crippen LogP contribution in [-0.4, -0.2) is 36.5 Å². The van der Waals surface area contributed by atoms with Crippen molar-refractivity contribution in [3.8, 4) is 0 Å². The molecule has 9 nitrogen and oxygen atoms in total. The molecule has 0 saturated carbocycles. The minimum Gasteiger partial charge on any atom is -0.480 e.